The van der Waals surface area contributed by atoms with Gasteiger partial charge >= 0.3 is 5.69 Å². The summed E-state index contributed by atoms with van der Waals surface area (Å²) in [5.41, 5.74) is -0.202. The van der Waals surface area contributed by atoms with Gasteiger partial charge in [0.1, 0.15) is 23.9 Å². The molecular weight excluding hydrogens is 370 g/mol. The summed E-state index contributed by atoms with van der Waals surface area (Å²) in [6.45, 7) is -0.331. The lowest BCUT2D eigenvalue weighted by atomic mass is 10.1. The molecule has 0 spiro atoms. The van der Waals surface area contributed by atoms with Crippen LogP contribution in [0.4, 0.5) is 8.78 Å². The number of hydrogen-bond donors (Lipinski definition) is 0. The third-order valence-electron chi connectivity index (χ3n) is 3.96. The summed E-state index contributed by atoms with van der Waals surface area (Å²) in [6.07, 6.45) is 2.74. The summed E-state index contributed by atoms with van der Waals surface area (Å²) in [6, 6.07) is 10.3. The molecule has 28 heavy (non-hydrogen) atoms. The number of aromatic nitrogens is 4. The van der Waals surface area contributed by atoms with Gasteiger partial charge in [0.25, 0.3) is 5.88 Å². The van der Waals surface area contributed by atoms with Gasteiger partial charge in [-0.25, -0.2) is 27.6 Å². The normalized spacial score (nSPS) is 10.9. The standard InChI is InChI=1S/C19H12F2N4O3/c20-13-3-1-12(2-4-13)16(26)11-25-19(27)24-10-9-22-18(17(24)23-25)28-15-7-5-14(21)6-8-15/h1-10H,11H2. The van der Waals surface area contributed by atoms with E-state index in [1.54, 1.807) is 0 Å². The second kappa shape index (κ2) is 7.03. The number of halogens is 2. The Morgan fingerprint density at radius 1 is 1.00 bits per heavy atom. The third kappa shape index (κ3) is 3.37. The minimum absolute atomic E-state index is 0.0270. The van der Waals surface area contributed by atoms with E-state index < -0.39 is 23.1 Å². The van der Waals surface area contributed by atoms with E-state index in [1.165, 1.54) is 53.2 Å². The van der Waals surface area contributed by atoms with Gasteiger partial charge in [-0.05, 0) is 48.5 Å². The number of carbonyl (C=O) groups is 1. The number of rotatable bonds is 5. The van der Waals surface area contributed by atoms with Gasteiger partial charge in [-0.3, -0.25) is 4.79 Å². The fraction of sp³-hybridized carbons (Fsp3) is 0.0526. The highest BCUT2D eigenvalue weighted by Gasteiger charge is 2.16. The van der Waals surface area contributed by atoms with Gasteiger partial charge in [-0.1, -0.05) is 0 Å². The molecule has 0 saturated heterocycles. The molecule has 140 valence electrons. The van der Waals surface area contributed by atoms with E-state index in [9.17, 15) is 18.4 Å². The predicted molar refractivity (Wildman–Crippen MR) is 94.5 cm³/mol. The van der Waals surface area contributed by atoms with E-state index >= 15 is 0 Å². The van der Waals surface area contributed by atoms with E-state index in [0.29, 0.717) is 5.75 Å². The highest BCUT2D eigenvalue weighted by Crippen LogP contribution is 2.22. The van der Waals surface area contributed by atoms with Crippen LogP contribution in [0.25, 0.3) is 5.65 Å². The van der Waals surface area contributed by atoms with E-state index in [0.717, 1.165) is 16.8 Å². The SMILES string of the molecule is O=C(Cn1nc2c(Oc3ccc(F)cc3)nccn2c1=O)c1ccc(F)cc1. The first-order valence-corrected chi connectivity index (χ1v) is 8.17. The fourth-order valence-electron chi connectivity index (χ4n) is 2.58. The van der Waals surface area contributed by atoms with Crippen molar-refractivity contribution in [1.29, 1.82) is 0 Å². The van der Waals surface area contributed by atoms with Gasteiger partial charge in [0.15, 0.2) is 5.78 Å². The molecule has 2 aromatic carbocycles. The first kappa shape index (κ1) is 17.5. The highest BCUT2D eigenvalue weighted by molar-refractivity contribution is 5.95. The van der Waals surface area contributed by atoms with Crippen molar-refractivity contribution in [1.82, 2.24) is 19.2 Å². The van der Waals surface area contributed by atoms with Crippen molar-refractivity contribution >= 4 is 11.4 Å². The van der Waals surface area contributed by atoms with E-state index in [4.69, 9.17) is 4.74 Å². The molecule has 7 nitrogen and oxygen atoms in total. The molecule has 0 amide bonds. The van der Waals surface area contributed by atoms with Crippen LogP contribution in [0, 0.1) is 11.6 Å². The van der Waals surface area contributed by atoms with Crippen LogP contribution in [-0.2, 0) is 6.54 Å². The maximum absolute atomic E-state index is 13.0. The first-order chi connectivity index (χ1) is 13.5. The summed E-state index contributed by atoms with van der Waals surface area (Å²) in [5, 5.41) is 4.12. The average molecular weight is 382 g/mol. The molecule has 0 aliphatic heterocycles. The minimum Gasteiger partial charge on any atom is -0.436 e. The fourth-order valence-corrected chi connectivity index (χ4v) is 2.58. The molecule has 0 aliphatic rings. The Morgan fingerprint density at radius 3 is 2.32 bits per heavy atom. The summed E-state index contributed by atoms with van der Waals surface area (Å²) >= 11 is 0. The van der Waals surface area contributed by atoms with Crippen molar-refractivity contribution in [2.75, 3.05) is 0 Å². The molecule has 4 rings (SSSR count). The molecule has 9 heteroatoms. The number of ketones is 1. The molecular formula is C19H12F2N4O3. The molecule has 0 bridgehead atoms. The van der Waals surface area contributed by atoms with Crippen LogP contribution in [0.5, 0.6) is 11.6 Å². The maximum atomic E-state index is 13.0. The zero-order chi connectivity index (χ0) is 19.7. The average Bonchev–Trinajstić information content (AvgIpc) is 3.01. The van der Waals surface area contributed by atoms with Crippen LogP contribution in [0.15, 0.2) is 65.7 Å². The largest absolute Gasteiger partial charge is 0.436 e. The highest BCUT2D eigenvalue weighted by atomic mass is 19.1. The summed E-state index contributed by atoms with van der Waals surface area (Å²) < 4.78 is 33.8. The van der Waals surface area contributed by atoms with Crippen LogP contribution in [0.2, 0.25) is 0 Å². The molecule has 2 heterocycles. The molecule has 0 fully saturated rings. The van der Waals surface area contributed by atoms with Gasteiger partial charge < -0.3 is 4.74 Å². The Hall–Kier alpha value is -3.88. The van der Waals surface area contributed by atoms with Crippen molar-refractivity contribution in [2.24, 2.45) is 0 Å². The first-order valence-electron chi connectivity index (χ1n) is 8.17. The van der Waals surface area contributed by atoms with Gasteiger partial charge in [0.2, 0.25) is 5.65 Å². The number of fused-ring (bicyclic) bond motifs is 1. The summed E-state index contributed by atoms with van der Waals surface area (Å²) in [7, 11) is 0. The molecule has 0 atom stereocenters. The molecule has 2 aromatic heterocycles. The van der Waals surface area contributed by atoms with Crippen LogP contribution < -0.4 is 10.4 Å². The second-order valence-electron chi connectivity index (χ2n) is 5.85. The summed E-state index contributed by atoms with van der Waals surface area (Å²) in [5.74, 6) is -0.946. The smallest absolute Gasteiger partial charge is 0.350 e. The van der Waals surface area contributed by atoms with Gasteiger partial charge in [-0.15, -0.1) is 5.10 Å². The number of benzene rings is 2. The van der Waals surface area contributed by atoms with Crippen LogP contribution in [0.1, 0.15) is 10.4 Å². The molecule has 0 radical (unpaired) electrons. The van der Waals surface area contributed by atoms with Crippen molar-refractivity contribution in [3.63, 3.8) is 0 Å². The number of ether oxygens (including phenoxy) is 1. The monoisotopic (exact) mass is 382 g/mol. The van der Waals surface area contributed by atoms with E-state index in [-0.39, 0.29) is 23.6 Å². The Kier molecular flexibility index (Phi) is 4.40. The van der Waals surface area contributed by atoms with Crippen LogP contribution >= 0.6 is 0 Å². The molecule has 4 aromatic rings. The zero-order valence-corrected chi connectivity index (χ0v) is 14.3. The molecule has 0 aliphatic carbocycles. The van der Waals surface area contributed by atoms with Crippen LogP contribution in [0.3, 0.4) is 0 Å². The predicted octanol–water partition coefficient (Wildman–Crippen LogP) is 2.84. The number of carbonyl (C=O) groups excluding carboxylic acids is 1. The van der Waals surface area contributed by atoms with Crippen molar-refractivity contribution in [3.05, 3.63) is 88.6 Å². The lowest BCUT2D eigenvalue weighted by Gasteiger charge is -2.04. The Balaban J connectivity index is 1.66. The zero-order valence-electron chi connectivity index (χ0n) is 14.3. The third-order valence-corrected chi connectivity index (χ3v) is 3.96. The van der Waals surface area contributed by atoms with Crippen molar-refractivity contribution in [3.8, 4) is 11.6 Å². The number of nitrogens with zero attached hydrogens (tertiary/aromatic N) is 4. The Morgan fingerprint density at radius 2 is 1.64 bits per heavy atom. The van der Waals surface area contributed by atoms with Gasteiger partial charge in [-0.2, -0.15) is 0 Å². The lowest BCUT2D eigenvalue weighted by molar-refractivity contribution is 0.0966. The second-order valence-corrected chi connectivity index (χ2v) is 5.85. The van der Waals surface area contributed by atoms with Crippen molar-refractivity contribution < 1.29 is 18.3 Å². The summed E-state index contributed by atoms with van der Waals surface area (Å²) in [4.78, 5) is 28.9. The van der Waals surface area contributed by atoms with Crippen molar-refractivity contribution in [2.45, 2.75) is 6.54 Å². The topological polar surface area (TPSA) is 78.5 Å². The Labute approximate surface area is 156 Å². The molecule has 0 N–H and O–H groups in total. The van der Waals surface area contributed by atoms with E-state index in [2.05, 4.69) is 10.1 Å². The van der Waals surface area contributed by atoms with Gasteiger partial charge in [0, 0.05) is 18.0 Å². The van der Waals surface area contributed by atoms with Crippen LogP contribution in [-0.4, -0.2) is 24.9 Å². The quantitative estimate of drug-likeness (QED) is 0.496. The molecule has 0 saturated carbocycles. The van der Waals surface area contributed by atoms with E-state index in [1.807, 2.05) is 0 Å². The van der Waals surface area contributed by atoms with Gasteiger partial charge in [0.05, 0.1) is 0 Å². The maximum Gasteiger partial charge on any atom is 0.350 e. The molecule has 0 unspecified atom stereocenters. The Bertz CT molecular complexity index is 1210. The number of hydrogen-bond acceptors (Lipinski definition) is 5. The number of Topliss-reactive ketones (excluding diaryl/α,β-unsaturated/α-hetero) is 1. The minimum atomic E-state index is -0.559. The lowest BCUT2D eigenvalue weighted by Crippen LogP contribution is -2.25.